The molecule has 0 aromatic heterocycles. The predicted octanol–water partition coefficient (Wildman–Crippen LogP) is 3.80. The second-order valence-electron chi connectivity index (χ2n) is 7.74. The molecule has 1 fully saturated rings. The van der Waals surface area contributed by atoms with E-state index in [4.69, 9.17) is 4.74 Å². The summed E-state index contributed by atoms with van der Waals surface area (Å²) in [6.45, 7) is 6.19. The summed E-state index contributed by atoms with van der Waals surface area (Å²) in [4.78, 5) is 16.6. The van der Waals surface area contributed by atoms with Crippen LogP contribution in [0.1, 0.15) is 37.0 Å². The summed E-state index contributed by atoms with van der Waals surface area (Å²) >= 11 is 0. The van der Waals surface area contributed by atoms with Gasteiger partial charge in [0.2, 0.25) is 5.91 Å². The summed E-state index contributed by atoms with van der Waals surface area (Å²) in [6.07, 6.45) is 2.14. The predicted molar refractivity (Wildman–Crippen MR) is 122 cm³/mol. The second-order valence-corrected chi connectivity index (χ2v) is 7.74. The lowest BCUT2D eigenvalue weighted by Gasteiger charge is -2.32. The van der Waals surface area contributed by atoms with Gasteiger partial charge in [0.25, 0.3) is 0 Å². The van der Waals surface area contributed by atoms with E-state index in [1.165, 1.54) is 35.4 Å². The smallest absolute Gasteiger partial charge is 0.246 e. The lowest BCUT2D eigenvalue weighted by Crippen LogP contribution is -2.42. The van der Waals surface area contributed by atoms with Crippen LogP contribution in [-0.4, -0.2) is 38.1 Å². The van der Waals surface area contributed by atoms with Crippen molar-refractivity contribution in [2.45, 2.75) is 32.8 Å². The summed E-state index contributed by atoms with van der Waals surface area (Å²) in [7, 11) is 0. The van der Waals surface area contributed by atoms with Gasteiger partial charge in [-0.25, -0.2) is 9.38 Å². The number of hydrogen-bond donors (Lipinski definition) is 3. The number of ether oxygens (including phenoxy) is 1. The van der Waals surface area contributed by atoms with Crippen molar-refractivity contribution >= 4 is 17.6 Å². The third kappa shape index (κ3) is 7.07. The lowest BCUT2D eigenvalue weighted by atomic mass is 9.89. The summed E-state index contributed by atoms with van der Waals surface area (Å²) in [6, 6.07) is 14.2. The highest BCUT2D eigenvalue weighted by Crippen LogP contribution is 2.33. The number of carbonyl (C=O) groups excluding carboxylic acids is 1. The molecule has 1 amide bonds. The van der Waals surface area contributed by atoms with Crippen LogP contribution < -0.4 is 16.0 Å². The molecular weight excluding hydrogens is 395 g/mol. The van der Waals surface area contributed by atoms with Crippen molar-refractivity contribution in [3.8, 4) is 0 Å². The fourth-order valence-corrected chi connectivity index (χ4v) is 3.63. The molecule has 6 nitrogen and oxygen atoms in total. The zero-order valence-corrected chi connectivity index (χ0v) is 18.2. The van der Waals surface area contributed by atoms with Crippen LogP contribution in [0.4, 0.5) is 10.1 Å². The summed E-state index contributed by atoms with van der Waals surface area (Å²) < 4.78 is 19.1. The number of hydrogen-bond acceptors (Lipinski definition) is 3. The van der Waals surface area contributed by atoms with E-state index >= 15 is 0 Å². The number of anilines is 1. The summed E-state index contributed by atoms with van der Waals surface area (Å²) in [5, 5.41) is 9.25. The Morgan fingerprint density at radius 1 is 1.13 bits per heavy atom. The van der Waals surface area contributed by atoms with Gasteiger partial charge in [-0.15, -0.1) is 0 Å². The Labute approximate surface area is 183 Å². The van der Waals surface area contributed by atoms with Crippen LogP contribution in [0.15, 0.2) is 53.5 Å². The largest absolute Gasteiger partial charge is 0.373 e. The third-order valence-corrected chi connectivity index (χ3v) is 5.24. The van der Waals surface area contributed by atoms with Gasteiger partial charge in [-0.3, -0.25) is 4.79 Å². The van der Waals surface area contributed by atoms with Crippen LogP contribution in [0.25, 0.3) is 0 Å². The van der Waals surface area contributed by atoms with E-state index in [9.17, 15) is 9.18 Å². The van der Waals surface area contributed by atoms with Crippen molar-refractivity contribution in [3.63, 3.8) is 0 Å². The molecule has 1 aliphatic rings. The Kier molecular flexibility index (Phi) is 8.41. The van der Waals surface area contributed by atoms with E-state index in [1.54, 1.807) is 0 Å². The normalized spacial score (nSPS) is 19.0. The molecule has 1 saturated heterocycles. The molecule has 0 bridgehead atoms. The van der Waals surface area contributed by atoms with Crippen molar-refractivity contribution in [1.29, 1.82) is 0 Å². The van der Waals surface area contributed by atoms with Crippen molar-refractivity contribution in [1.82, 2.24) is 10.6 Å². The maximum absolute atomic E-state index is 13.0. The topological polar surface area (TPSA) is 74.8 Å². The SMILES string of the molecule is CCNC(=NCC(=O)Nc1ccc(F)cc1)NCC1CCCOC1c1ccc(C)cc1. The molecule has 2 atom stereocenters. The average molecular weight is 427 g/mol. The van der Waals surface area contributed by atoms with Crippen LogP contribution >= 0.6 is 0 Å². The van der Waals surface area contributed by atoms with Gasteiger partial charge in [0.05, 0.1) is 6.10 Å². The molecule has 2 aromatic carbocycles. The van der Waals surface area contributed by atoms with E-state index in [1.807, 2.05) is 6.92 Å². The second kappa shape index (κ2) is 11.5. The number of benzene rings is 2. The van der Waals surface area contributed by atoms with E-state index < -0.39 is 0 Å². The first-order valence-electron chi connectivity index (χ1n) is 10.8. The molecule has 31 heavy (non-hydrogen) atoms. The highest BCUT2D eigenvalue weighted by molar-refractivity contribution is 5.94. The molecule has 0 saturated carbocycles. The number of amides is 1. The van der Waals surface area contributed by atoms with Crippen molar-refractivity contribution in [2.24, 2.45) is 10.9 Å². The zero-order chi connectivity index (χ0) is 22.1. The van der Waals surface area contributed by atoms with Crippen LogP contribution in [0.5, 0.6) is 0 Å². The van der Waals surface area contributed by atoms with Gasteiger partial charge in [0, 0.05) is 31.3 Å². The summed E-state index contributed by atoms with van der Waals surface area (Å²) in [5.41, 5.74) is 2.97. The Hall–Kier alpha value is -2.93. The molecule has 0 aliphatic carbocycles. The zero-order valence-electron chi connectivity index (χ0n) is 18.2. The number of nitrogens with one attached hydrogen (secondary N) is 3. The molecule has 2 unspecified atom stereocenters. The van der Waals surface area contributed by atoms with Crippen molar-refractivity contribution in [3.05, 3.63) is 65.5 Å². The number of nitrogens with zero attached hydrogens (tertiary/aromatic N) is 1. The lowest BCUT2D eigenvalue weighted by molar-refractivity contribution is -0.114. The first-order chi connectivity index (χ1) is 15.0. The molecule has 2 aromatic rings. The van der Waals surface area contributed by atoms with Gasteiger partial charge >= 0.3 is 0 Å². The van der Waals surface area contributed by atoms with Crippen LogP contribution in [0.3, 0.4) is 0 Å². The van der Waals surface area contributed by atoms with E-state index in [0.29, 0.717) is 30.7 Å². The fraction of sp³-hybridized carbons (Fsp3) is 0.417. The number of aliphatic imine (C=N–C) groups is 1. The van der Waals surface area contributed by atoms with Crippen LogP contribution in [0.2, 0.25) is 0 Å². The van der Waals surface area contributed by atoms with Gasteiger partial charge in [-0.1, -0.05) is 29.8 Å². The van der Waals surface area contributed by atoms with Gasteiger partial charge in [0.1, 0.15) is 12.4 Å². The van der Waals surface area contributed by atoms with E-state index in [2.05, 4.69) is 52.1 Å². The minimum absolute atomic E-state index is 0.0325. The first kappa shape index (κ1) is 22.7. The number of halogens is 1. The molecule has 0 spiro atoms. The standard InChI is InChI=1S/C24H31FN4O2/c1-3-26-24(28-16-22(30)29-21-12-10-20(25)11-13-21)27-15-19-5-4-14-31-23(19)18-8-6-17(2)7-9-18/h6-13,19,23H,3-5,14-16H2,1-2H3,(H,29,30)(H2,26,27,28). The van der Waals surface area contributed by atoms with Gasteiger partial charge in [-0.05, 0) is 56.5 Å². The molecule has 7 heteroatoms. The van der Waals surface area contributed by atoms with Gasteiger partial charge < -0.3 is 20.7 Å². The van der Waals surface area contributed by atoms with Crippen LogP contribution in [-0.2, 0) is 9.53 Å². The molecule has 3 N–H and O–H groups in total. The molecule has 166 valence electrons. The quantitative estimate of drug-likeness (QED) is 0.465. The number of aryl methyl sites for hydroxylation is 1. The Balaban J connectivity index is 1.57. The molecular formula is C24H31FN4O2. The van der Waals surface area contributed by atoms with Gasteiger partial charge in [0.15, 0.2) is 5.96 Å². The maximum atomic E-state index is 13.0. The Morgan fingerprint density at radius 3 is 2.58 bits per heavy atom. The number of carbonyl (C=O) groups is 1. The highest BCUT2D eigenvalue weighted by atomic mass is 19.1. The van der Waals surface area contributed by atoms with Crippen molar-refractivity contribution in [2.75, 3.05) is 31.6 Å². The molecule has 0 radical (unpaired) electrons. The average Bonchev–Trinajstić information content (AvgIpc) is 2.78. The number of rotatable bonds is 7. The van der Waals surface area contributed by atoms with Crippen LogP contribution in [0, 0.1) is 18.7 Å². The summed E-state index contributed by atoms with van der Waals surface area (Å²) in [5.74, 6) is 0.297. The molecule has 1 heterocycles. The minimum atomic E-state index is -0.342. The first-order valence-corrected chi connectivity index (χ1v) is 10.8. The minimum Gasteiger partial charge on any atom is -0.373 e. The van der Waals surface area contributed by atoms with Crippen molar-refractivity contribution < 1.29 is 13.9 Å². The Bertz CT molecular complexity index is 868. The van der Waals surface area contributed by atoms with E-state index in [-0.39, 0.29) is 24.4 Å². The number of guanidine groups is 1. The fourth-order valence-electron chi connectivity index (χ4n) is 3.63. The molecule has 1 aliphatic heterocycles. The maximum Gasteiger partial charge on any atom is 0.246 e. The monoisotopic (exact) mass is 426 g/mol. The Morgan fingerprint density at radius 2 is 1.87 bits per heavy atom. The van der Waals surface area contributed by atoms with Gasteiger partial charge in [-0.2, -0.15) is 0 Å². The third-order valence-electron chi connectivity index (χ3n) is 5.24. The highest BCUT2D eigenvalue weighted by Gasteiger charge is 2.27. The molecule has 3 rings (SSSR count). The van der Waals surface area contributed by atoms with E-state index in [0.717, 1.165) is 19.4 Å².